The number of fused-ring (bicyclic) bond motifs is 1. The molecule has 6 nitrogen and oxygen atoms in total. The van der Waals surface area contributed by atoms with Gasteiger partial charge in [-0.1, -0.05) is 12.1 Å². The number of para-hydroxylation sites is 1. The van der Waals surface area contributed by atoms with Crippen molar-refractivity contribution in [3.8, 4) is 17.0 Å². The van der Waals surface area contributed by atoms with Crippen LogP contribution in [-0.2, 0) is 0 Å². The first kappa shape index (κ1) is 13.8. The van der Waals surface area contributed by atoms with Crippen LogP contribution in [0.25, 0.3) is 16.9 Å². The molecule has 0 spiro atoms. The molecule has 7 heteroatoms. The van der Waals surface area contributed by atoms with Crippen molar-refractivity contribution in [3.05, 3.63) is 41.0 Å². The van der Waals surface area contributed by atoms with E-state index in [1.54, 1.807) is 35.0 Å². The fourth-order valence-corrected chi connectivity index (χ4v) is 2.42. The molecular weight excluding hydrogens is 336 g/mol. The molecule has 0 atom stereocenters. The van der Waals surface area contributed by atoms with Gasteiger partial charge in [-0.05, 0) is 28.1 Å². The molecule has 3 N–H and O–H groups in total. The number of benzene rings is 1. The van der Waals surface area contributed by atoms with Gasteiger partial charge in [0, 0.05) is 18.2 Å². The van der Waals surface area contributed by atoms with Crippen molar-refractivity contribution in [2.24, 2.45) is 0 Å². The molecule has 0 aliphatic rings. The predicted molar refractivity (Wildman–Crippen MR) is 83.4 cm³/mol. The summed E-state index contributed by atoms with van der Waals surface area (Å²) in [5.74, 6) is 0.857. The summed E-state index contributed by atoms with van der Waals surface area (Å²) < 4.78 is 2.40. The van der Waals surface area contributed by atoms with E-state index in [2.05, 4.69) is 31.3 Å². The van der Waals surface area contributed by atoms with E-state index in [4.69, 9.17) is 5.11 Å². The Bertz CT molecular complexity index is 788. The average Bonchev–Trinajstić information content (AvgIpc) is 2.87. The van der Waals surface area contributed by atoms with E-state index in [0.717, 1.165) is 4.47 Å². The quantitative estimate of drug-likeness (QED) is 0.673. The first-order chi connectivity index (χ1) is 10.2. The maximum absolute atomic E-state index is 9.99. The minimum absolute atomic E-state index is 0.0121. The van der Waals surface area contributed by atoms with Crippen molar-refractivity contribution in [1.29, 1.82) is 0 Å². The predicted octanol–water partition coefficient (Wildman–Crippen LogP) is 2.27. The number of halogens is 1. The lowest BCUT2D eigenvalue weighted by molar-refractivity contribution is 0.311. The highest BCUT2D eigenvalue weighted by atomic mass is 79.9. The smallest absolute Gasteiger partial charge is 0.172 e. The Balaban J connectivity index is 2.19. The molecule has 1 aromatic carbocycles. The summed E-state index contributed by atoms with van der Waals surface area (Å²) in [6, 6.07) is 8.81. The van der Waals surface area contributed by atoms with Crippen molar-refractivity contribution in [3.63, 3.8) is 0 Å². The fourth-order valence-electron chi connectivity index (χ4n) is 2.07. The third-order valence-electron chi connectivity index (χ3n) is 3.03. The Morgan fingerprint density at radius 3 is 2.86 bits per heavy atom. The van der Waals surface area contributed by atoms with Crippen LogP contribution in [0.3, 0.4) is 0 Å². The Morgan fingerprint density at radius 1 is 1.29 bits per heavy atom. The average molecular weight is 349 g/mol. The monoisotopic (exact) mass is 348 g/mol. The van der Waals surface area contributed by atoms with Crippen molar-refractivity contribution < 1.29 is 10.2 Å². The van der Waals surface area contributed by atoms with Gasteiger partial charge in [0.2, 0.25) is 0 Å². The number of aromatic nitrogens is 3. The fraction of sp³-hybridized carbons (Fsp3) is 0.143. The summed E-state index contributed by atoms with van der Waals surface area (Å²) >= 11 is 3.41. The summed E-state index contributed by atoms with van der Waals surface area (Å²) in [4.78, 5) is 4.53. The van der Waals surface area contributed by atoms with Crippen molar-refractivity contribution in [2.45, 2.75) is 0 Å². The Labute approximate surface area is 129 Å². The van der Waals surface area contributed by atoms with Gasteiger partial charge in [0.25, 0.3) is 0 Å². The first-order valence-electron chi connectivity index (χ1n) is 6.38. The molecule has 0 radical (unpaired) electrons. The highest BCUT2D eigenvalue weighted by Crippen LogP contribution is 2.30. The molecule has 0 bridgehead atoms. The zero-order chi connectivity index (χ0) is 14.8. The second-order valence-corrected chi connectivity index (χ2v) is 5.28. The number of phenols is 1. The topological polar surface area (TPSA) is 82.7 Å². The number of nitrogens with zero attached hydrogens (tertiary/aromatic N) is 3. The second kappa shape index (κ2) is 5.71. The van der Waals surface area contributed by atoms with Crippen LogP contribution in [0.2, 0.25) is 0 Å². The summed E-state index contributed by atoms with van der Waals surface area (Å²) in [6.07, 6.45) is 1.65. The number of aromatic hydroxyl groups is 1. The van der Waals surface area contributed by atoms with Crippen LogP contribution in [0.1, 0.15) is 0 Å². The van der Waals surface area contributed by atoms with Gasteiger partial charge < -0.3 is 15.5 Å². The number of rotatable bonds is 4. The van der Waals surface area contributed by atoms with E-state index in [1.165, 1.54) is 0 Å². The van der Waals surface area contributed by atoms with Gasteiger partial charge in [-0.2, -0.15) is 9.61 Å². The molecular formula is C14H13BrN4O2. The van der Waals surface area contributed by atoms with Crippen LogP contribution in [-0.4, -0.2) is 38.0 Å². The maximum atomic E-state index is 9.99. The number of aliphatic hydroxyl groups excluding tert-OH is 1. The lowest BCUT2D eigenvalue weighted by atomic mass is 10.1. The van der Waals surface area contributed by atoms with Gasteiger partial charge in [0.15, 0.2) is 5.65 Å². The van der Waals surface area contributed by atoms with Crippen molar-refractivity contribution in [1.82, 2.24) is 14.6 Å². The SMILES string of the molecule is OCCNc1cc(-c2ccccc2O)nc2c(Br)cnn12. The molecule has 108 valence electrons. The number of phenolic OH excluding ortho intramolecular Hbond substituents is 1. The Morgan fingerprint density at radius 2 is 2.10 bits per heavy atom. The van der Waals surface area contributed by atoms with Crippen LogP contribution in [0.5, 0.6) is 5.75 Å². The Hall–Kier alpha value is -2.12. The van der Waals surface area contributed by atoms with Gasteiger partial charge in [-0.25, -0.2) is 4.98 Å². The molecule has 21 heavy (non-hydrogen) atoms. The van der Waals surface area contributed by atoms with Crippen LogP contribution >= 0.6 is 15.9 Å². The first-order valence-corrected chi connectivity index (χ1v) is 7.17. The van der Waals surface area contributed by atoms with Crippen molar-refractivity contribution in [2.75, 3.05) is 18.5 Å². The van der Waals surface area contributed by atoms with Gasteiger partial charge in [0.05, 0.1) is 23.0 Å². The summed E-state index contributed by atoms with van der Waals surface area (Å²) in [6.45, 7) is 0.412. The lowest BCUT2D eigenvalue weighted by Gasteiger charge is -2.10. The molecule has 2 heterocycles. The van der Waals surface area contributed by atoms with Gasteiger partial charge in [0.1, 0.15) is 11.6 Å². The van der Waals surface area contributed by atoms with Gasteiger partial charge in [-0.15, -0.1) is 0 Å². The summed E-state index contributed by atoms with van der Waals surface area (Å²) in [5, 5.41) is 26.3. The zero-order valence-electron chi connectivity index (χ0n) is 11.0. The molecule has 0 saturated heterocycles. The third kappa shape index (κ3) is 2.57. The van der Waals surface area contributed by atoms with Crippen LogP contribution in [0, 0.1) is 0 Å². The van der Waals surface area contributed by atoms with Crippen LogP contribution in [0.15, 0.2) is 41.0 Å². The number of anilines is 1. The maximum Gasteiger partial charge on any atom is 0.172 e. The van der Waals surface area contributed by atoms with Crippen LogP contribution in [0.4, 0.5) is 5.82 Å². The molecule has 0 aliphatic carbocycles. The molecule has 3 rings (SSSR count). The van der Waals surface area contributed by atoms with Crippen molar-refractivity contribution >= 4 is 27.4 Å². The largest absolute Gasteiger partial charge is 0.507 e. The van der Waals surface area contributed by atoms with E-state index in [1.807, 2.05) is 6.07 Å². The van der Waals surface area contributed by atoms with E-state index in [9.17, 15) is 5.11 Å². The van der Waals surface area contributed by atoms with Gasteiger partial charge in [-0.3, -0.25) is 0 Å². The van der Waals surface area contributed by atoms with E-state index in [0.29, 0.717) is 29.3 Å². The minimum Gasteiger partial charge on any atom is -0.507 e. The Kier molecular flexibility index (Phi) is 3.76. The second-order valence-electron chi connectivity index (χ2n) is 4.42. The molecule has 0 amide bonds. The molecule has 0 unspecified atom stereocenters. The number of hydrogen-bond acceptors (Lipinski definition) is 5. The highest BCUT2D eigenvalue weighted by Gasteiger charge is 2.13. The third-order valence-corrected chi connectivity index (χ3v) is 3.59. The highest BCUT2D eigenvalue weighted by molar-refractivity contribution is 9.10. The molecule has 2 aromatic heterocycles. The van der Waals surface area contributed by atoms with Crippen LogP contribution < -0.4 is 5.32 Å². The lowest BCUT2D eigenvalue weighted by Crippen LogP contribution is -2.10. The number of hydrogen-bond donors (Lipinski definition) is 3. The van der Waals surface area contributed by atoms with E-state index in [-0.39, 0.29) is 12.4 Å². The number of aliphatic hydroxyl groups is 1. The van der Waals surface area contributed by atoms with E-state index < -0.39 is 0 Å². The molecule has 3 aromatic rings. The summed E-state index contributed by atoms with van der Waals surface area (Å²) in [7, 11) is 0. The minimum atomic E-state index is 0.0121. The zero-order valence-corrected chi connectivity index (χ0v) is 12.6. The van der Waals surface area contributed by atoms with Gasteiger partial charge >= 0.3 is 0 Å². The number of nitrogens with one attached hydrogen (secondary N) is 1. The summed E-state index contributed by atoms with van der Waals surface area (Å²) in [5.41, 5.74) is 1.90. The molecule has 0 saturated carbocycles. The molecule has 0 aliphatic heterocycles. The standard InChI is InChI=1S/C14H13BrN4O2/c15-10-8-17-19-13(16-5-6-20)7-11(18-14(10)19)9-3-1-2-4-12(9)21/h1-4,7-8,16,20-21H,5-6H2. The normalized spacial score (nSPS) is 11.0. The van der Waals surface area contributed by atoms with E-state index >= 15 is 0 Å². The molecule has 0 fully saturated rings.